The summed E-state index contributed by atoms with van der Waals surface area (Å²) in [5, 5.41) is 0. The highest BCUT2D eigenvalue weighted by Gasteiger charge is 2.21. The van der Waals surface area contributed by atoms with Gasteiger partial charge in [-0.15, -0.1) is 0 Å². The molecule has 78 valence electrons. The molecule has 0 radical (unpaired) electrons. The zero-order chi connectivity index (χ0) is 9.97. The summed E-state index contributed by atoms with van der Waals surface area (Å²) >= 11 is 2.38. The van der Waals surface area contributed by atoms with Crippen molar-refractivity contribution >= 4 is 22.9 Å². The Morgan fingerprint density at radius 3 is 2.50 bits per heavy atom. The molecule has 2 aliphatic rings. The van der Waals surface area contributed by atoms with Crippen LogP contribution in [0.4, 0.5) is 4.39 Å². The predicted molar refractivity (Wildman–Crippen MR) is 64.8 cm³/mol. The van der Waals surface area contributed by atoms with Gasteiger partial charge in [-0.3, -0.25) is 0 Å². The minimum absolute atomic E-state index is 0.0417. The summed E-state index contributed by atoms with van der Waals surface area (Å²) < 4.78 is 15.1. The first-order valence-electron chi connectivity index (χ1n) is 5.21. The Labute approximate surface area is 98.5 Å². The Morgan fingerprint density at radius 2 is 1.93 bits per heavy atom. The number of piperidine rings is 1. The van der Waals surface area contributed by atoms with Crippen LogP contribution >= 0.6 is 22.9 Å². The molecule has 0 spiro atoms. The van der Waals surface area contributed by atoms with Crippen molar-refractivity contribution < 1.29 is 4.39 Å². The van der Waals surface area contributed by atoms with Gasteiger partial charge in [0.15, 0.2) is 0 Å². The molecule has 0 amide bonds. The van der Waals surface area contributed by atoms with Gasteiger partial charge in [-0.1, -0.05) is 11.6 Å². The van der Waals surface area contributed by atoms with Crippen molar-refractivity contribution in [3.05, 3.63) is 23.6 Å². The Hall–Kier alpha value is 0.1000. The second-order valence-electron chi connectivity index (χ2n) is 4.04. The van der Waals surface area contributed by atoms with Crippen molar-refractivity contribution in [1.82, 2.24) is 3.11 Å². The van der Waals surface area contributed by atoms with Crippen LogP contribution in [0.25, 0.3) is 0 Å². The molecule has 3 heteroatoms. The van der Waals surface area contributed by atoms with Crippen LogP contribution < -0.4 is 0 Å². The molecule has 0 aromatic carbocycles. The Kier molecular flexibility index (Phi) is 3.60. The van der Waals surface area contributed by atoms with Gasteiger partial charge in [0.05, 0.1) is 0 Å². The minimum atomic E-state index is 0.0417. The second kappa shape index (κ2) is 4.75. The van der Waals surface area contributed by atoms with E-state index in [0.717, 1.165) is 6.42 Å². The first-order chi connectivity index (χ1) is 6.75. The minimum Gasteiger partial charge on any atom is -0.248 e. The van der Waals surface area contributed by atoms with Gasteiger partial charge in [-0.2, -0.15) is 0 Å². The van der Waals surface area contributed by atoms with Crippen LogP contribution in [0.1, 0.15) is 25.7 Å². The SMILES string of the molecule is FC1=CC=C(C2CCN(I)CC2)CC1. The summed E-state index contributed by atoms with van der Waals surface area (Å²) in [5.74, 6) is 0.755. The van der Waals surface area contributed by atoms with Gasteiger partial charge in [-0.05, 0) is 31.3 Å². The molecule has 0 aromatic rings. The fourth-order valence-electron chi connectivity index (χ4n) is 2.19. The van der Waals surface area contributed by atoms with Crippen molar-refractivity contribution in [2.45, 2.75) is 25.7 Å². The predicted octanol–water partition coefficient (Wildman–Crippen LogP) is 3.62. The number of hydrogen-bond donors (Lipinski definition) is 0. The molecule has 1 nitrogen and oxygen atoms in total. The molecule has 0 bridgehead atoms. The summed E-state index contributed by atoms with van der Waals surface area (Å²) in [6.07, 6.45) is 7.70. The highest BCUT2D eigenvalue weighted by molar-refractivity contribution is 14.1. The third-order valence-corrected chi connectivity index (χ3v) is 4.06. The molecule has 1 aliphatic carbocycles. The Balaban J connectivity index is 1.96. The normalized spacial score (nSPS) is 25.9. The summed E-state index contributed by atoms with van der Waals surface area (Å²) in [4.78, 5) is 0. The van der Waals surface area contributed by atoms with Crippen LogP contribution in [0.5, 0.6) is 0 Å². The van der Waals surface area contributed by atoms with E-state index in [1.807, 2.05) is 6.08 Å². The summed E-state index contributed by atoms with van der Waals surface area (Å²) in [6.45, 7) is 2.35. The maximum Gasteiger partial charge on any atom is 0.100 e. The topological polar surface area (TPSA) is 3.24 Å². The van der Waals surface area contributed by atoms with Crippen LogP contribution in [0.3, 0.4) is 0 Å². The lowest BCUT2D eigenvalue weighted by atomic mass is 9.85. The molecule has 1 saturated heterocycles. The van der Waals surface area contributed by atoms with Crippen LogP contribution in [0.15, 0.2) is 23.6 Å². The lowest BCUT2D eigenvalue weighted by Crippen LogP contribution is -2.27. The zero-order valence-electron chi connectivity index (χ0n) is 8.18. The molecule has 0 unspecified atom stereocenters. The third-order valence-electron chi connectivity index (χ3n) is 3.10. The van der Waals surface area contributed by atoms with Crippen molar-refractivity contribution in [3.8, 4) is 0 Å². The van der Waals surface area contributed by atoms with Gasteiger partial charge in [0.1, 0.15) is 5.83 Å². The lowest BCUT2D eigenvalue weighted by molar-refractivity contribution is 0.333. The van der Waals surface area contributed by atoms with Crippen molar-refractivity contribution in [3.63, 3.8) is 0 Å². The second-order valence-corrected chi connectivity index (χ2v) is 5.40. The highest BCUT2D eigenvalue weighted by atomic mass is 127. The number of allylic oxidation sites excluding steroid dienone is 4. The molecule has 0 atom stereocenters. The summed E-state index contributed by atoms with van der Waals surface area (Å²) in [5.41, 5.74) is 1.47. The molecule has 1 heterocycles. The van der Waals surface area contributed by atoms with Gasteiger partial charge in [-0.25, -0.2) is 7.50 Å². The first-order valence-corrected chi connectivity index (χ1v) is 6.18. The fourth-order valence-corrected chi connectivity index (χ4v) is 2.74. The summed E-state index contributed by atoms with van der Waals surface area (Å²) in [6, 6.07) is 0. The lowest BCUT2D eigenvalue weighted by Gasteiger charge is -2.30. The largest absolute Gasteiger partial charge is 0.248 e. The number of halogens is 2. The molecule has 14 heavy (non-hydrogen) atoms. The van der Waals surface area contributed by atoms with Crippen molar-refractivity contribution in [2.24, 2.45) is 5.92 Å². The first kappa shape index (κ1) is 10.6. The van der Waals surface area contributed by atoms with Gasteiger partial charge in [0.2, 0.25) is 0 Å². The third kappa shape index (κ3) is 2.57. The molecular formula is C11H15FIN. The average molecular weight is 307 g/mol. The van der Waals surface area contributed by atoms with E-state index in [0.29, 0.717) is 12.3 Å². The zero-order valence-corrected chi connectivity index (χ0v) is 10.3. The quantitative estimate of drug-likeness (QED) is 0.528. The maximum atomic E-state index is 12.8. The number of hydrogen-bond acceptors (Lipinski definition) is 1. The van der Waals surface area contributed by atoms with Crippen molar-refractivity contribution in [2.75, 3.05) is 13.1 Å². The van der Waals surface area contributed by atoms with Gasteiger partial charge in [0, 0.05) is 42.4 Å². The van der Waals surface area contributed by atoms with Crippen LogP contribution in [0.2, 0.25) is 0 Å². The molecular weight excluding hydrogens is 292 g/mol. The monoisotopic (exact) mass is 307 g/mol. The van der Waals surface area contributed by atoms with Crippen LogP contribution in [-0.2, 0) is 0 Å². The highest BCUT2D eigenvalue weighted by Crippen LogP contribution is 2.32. The van der Waals surface area contributed by atoms with Crippen molar-refractivity contribution in [1.29, 1.82) is 0 Å². The maximum absolute atomic E-state index is 12.8. The Morgan fingerprint density at radius 1 is 1.21 bits per heavy atom. The van der Waals surface area contributed by atoms with Gasteiger partial charge in [0.25, 0.3) is 0 Å². The van der Waals surface area contributed by atoms with Gasteiger partial charge >= 0.3 is 0 Å². The molecule has 1 aliphatic heterocycles. The van der Waals surface area contributed by atoms with E-state index < -0.39 is 0 Å². The van der Waals surface area contributed by atoms with E-state index >= 15 is 0 Å². The standard InChI is InChI=1S/C11H15FIN/c12-11-3-1-9(2-4-11)10-5-7-14(13)8-6-10/h1,3,10H,2,4-8H2. The molecule has 0 saturated carbocycles. The van der Waals surface area contributed by atoms with E-state index in [1.165, 1.54) is 31.5 Å². The molecule has 0 N–H and O–H groups in total. The smallest absolute Gasteiger partial charge is 0.100 e. The number of rotatable bonds is 1. The molecule has 1 fully saturated rings. The average Bonchev–Trinajstić information content (AvgIpc) is 2.21. The molecule has 2 rings (SSSR count). The number of nitrogens with zero attached hydrogens (tertiary/aromatic N) is 1. The Bertz CT molecular complexity index is 264. The molecule has 0 aromatic heterocycles. The van der Waals surface area contributed by atoms with Gasteiger partial charge < -0.3 is 0 Å². The van der Waals surface area contributed by atoms with E-state index in [2.05, 4.69) is 26.0 Å². The van der Waals surface area contributed by atoms with Crippen LogP contribution in [-0.4, -0.2) is 16.2 Å². The fraction of sp³-hybridized carbons (Fsp3) is 0.636. The van der Waals surface area contributed by atoms with E-state index in [1.54, 1.807) is 6.08 Å². The van der Waals surface area contributed by atoms with E-state index in [-0.39, 0.29) is 5.83 Å². The van der Waals surface area contributed by atoms with Crippen LogP contribution in [0, 0.1) is 5.92 Å². The van der Waals surface area contributed by atoms with E-state index in [4.69, 9.17) is 0 Å². The van der Waals surface area contributed by atoms with E-state index in [9.17, 15) is 4.39 Å². The summed E-state index contributed by atoms with van der Waals surface area (Å²) in [7, 11) is 0.